The maximum Gasteiger partial charge on any atom is 0.246 e. The van der Waals surface area contributed by atoms with E-state index in [4.69, 9.17) is 0 Å². The molecule has 0 radical (unpaired) electrons. The molecule has 168 valence electrons. The number of piperazine rings is 1. The van der Waals surface area contributed by atoms with Gasteiger partial charge in [0, 0.05) is 31.9 Å². The third kappa shape index (κ3) is 5.18. The molecule has 0 saturated carbocycles. The van der Waals surface area contributed by atoms with E-state index in [1.54, 1.807) is 17.0 Å². The number of rotatable bonds is 6. The summed E-state index contributed by atoms with van der Waals surface area (Å²) in [5, 5.41) is 0. The van der Waals surface area contributed by atoms with Gasteiger partial charge in [0.1, 0.15) is 11.9 Å². The maximum atomic E-state index is 13.4. The topological polar surface area (TPSA) is 60.9 Å². The quantitative estimate of drug-likeness (QED) is 0.682. The summed E-state index contributed by atoms with van der Waals surface area (Å²) in [7, 11) is -3.67. The lowest BCUT2D eigenvalue weighted by molar-refractivity contribution is -0.132. The van der Waals surface area contributed by atoms with Gasteiger partial charge in [-0.15, -0.1) is 0 Å². The highest BCUT2D eigenvalue weighted by Gasteiger charge is 2.36. The van der Waals surface area contributed by atoms with Crippen molar-refractivity contribution in [3.63, 3.8) is 0 Å². The van der Waals surface area contributed by atoms with Crippen molar-refractivity contribution in [1.29, 1.82) is 0 Å². The number of sulfonamides is 1. The summed E-state index contributed by atoms with van der Waals surface area (Å²) in [6.07, 6.45) is 1.52. The van der Waals surface area contributed by atoms with Gasteiger partial charge < -0.3 is 9.80 Å². The molecule has 0 unspecified atom stereocenters. The number of carbonyl (C=O) groups is 1. The van der Waals surface area contributed by atoms with Crippen LogP contribution in [0.4, 0.5) is 15.8 Å². The van der Waals surface area contributed by atoms with Crippen molar-refractivity contribution >= 4 is 27.3 Å². The second-order valence-corrected chi connectivity index (χ2v) is 9.92. The molecule has 1 heterocycles. The average molecular weight is 448 g/mol. The summed E-state index contributed by atoms with van der Waals surface area (Å²) in [6.45, 7) is 7.77. The van der Waals surface area contributed by atoms with Gasteiger partial charge in [0.25, 0.3) is 0 Å². The molecular weight excluding hydrogens is 417 g/mol. The predicted octanol–water partition coefficient (Wildman–Crippen LogP) is 3.34. The third-order valence-electron chi connectivity index (χ3n) is 5.70. The smallest absolute Gasteiger partial charge is 0.246 e. The van der Waals surface area contributed by atoms with Crippen molar-refractivity contribution in [3.05, 3.63) is 59.4 Å². The lowest BCUT2D eigenvalue weighted by atomic mass is 10.1. The number of aryl methyl sites for hydroxylation is 2. The Morgan fingerprint density at radius 3 is 2.23 bits per heavy atom. The molecule has 0 aliphatic carbocycles. The summed E-state index contributed by atoms with van der Waals surface area (Å²) >= 11 is 0. The number of hydrogen-bond acceptors (Lipinski definition) is 4. The third-order valence-corrected chi connectivity index (χ3v) is 6.86. The van der Waals surface area contributed by atoms with Crippen molar-refractivity contribution in [2.75, 3.05) is 41.6 Å². The molecule has 1 atom stereocenters. The number of benzene rings is 2. The Kier molecular flexibility index (Phi) is 6.89. The van der Waals surface area contributed by atoms with Crippen molar-refractivity contribution in [3.8, 4) is 0 Å². The molecule has 31 heavy (non-hydrogen) atoms. The van der Waals surface area contributed by atoms with Crippen LogP contribution in [0.2, 0.25) is 0 Å². The van der Waals surface area contributed by atoms with E-state index < -0.39 is 16.1 Å². The fraction of sp³-hybridized carbons (Fsp3) is 0.435. The minimum Gasteiger partial charge on any atom is -0.368 e. The minimum atomic E-state index is -3.67. The molecule has 1 fully saturated rings. The summed E-state index contributed by atoms with van der Waals surface area (Å²) < 4.78 is 40.0. The van der Waals surface area contributed by atoms with Gasteiger partial charge in [-0.1, -0.05) is 19.1 Å². The molecule has 1 saturated heterocycles. The Labute approximate surface area is 184 Å². The molecule has 2 aromatic carbocycles. The molecule has 1 aliphatic rings. The molecule has 0 N–H and O–H groups in total. The van der Waals surface area contributed by atoms with Gasteiger partial charge in [-0.25, -0.2) is 12.8 Å². The van der Waals surface area contributed by atoms with Crippen LogP contribution in [0, 0.1) is 19.7 Å². The molecule has 0 aromatic heterocycles. The lowest BCUT2D eigenvalue weighted by Gasteiger charge is -2.40. The fourth-order valence-electron chi connectivity index (χ4n) is 4.02. The van der Waals surface area contributed by atoms with Gasteiger partial charge in [0.2, 0.25) is 15.9 Å². The first-order valence-electron chi connectivity index (χ1n) is 10.5. The molecule has 0 spiro atoms. The lowest BCUT2D eigenvalue weighted by Crippen LogP contribution is -2.56. The SMILES string of the molecule is CC[C@@H](C(=O)N1CCN(c2ccc(F)cc2)CC1)N(c1cc(C)ccc1C)S(C)(=O)=O. The van der Waals surface area contributed by atoms with E-state index >= 15 is 0 Å². The van der Waals surface area contributed by atoms with E-state index in [0.29, 0.717) is 38.3 Å². The summed E-state index contributed by atoms with van der Waals surface area (Å²) in [6, 6.07) is 11.1. The zero-order chi connectivity index (χ0) is 22.8. The van der Waals surface area contributed by atoms with Crippen LogP contribution in [0.25, 0.3) is 0 Å². The van der Waals surface area contributed by atoms with Crippen LogP contribution in [0.15, 0.2) is 42.5 Å². The molecule has 8 heteroatoms. The van der Waals surface area contributed by atoms with Crippen LogP contribution in [-0.4, -0.2) is 57.7 Å². The Morgan fingerprint density at radius 2 is 1.68 bits per heavy atom. The zero-order valence-electron chi connectivity index (χ0n) is 18.5. The number of anilines is 2. The Hall–Kier alpha value is -2.61. The number of carbonyl (C=O) groups excluding carboxylic acids is 1. The van der Waals surface area contributed by atoms with E-state index in [9.17, 15) is 17.6 Å². The van der Waals surface area contributed by atoms with E-state index in [1.807, 2.05) is 39.0 Å². The molecular formula is C23H30FN3O3S. The second kappa shape index (κ2) is 9.26. The van der Waals surface area contributed by atoms with Crippen LogP contribution < -0.4 is 9.21 Å². The van der Waals surface area contributed by atoms with Crippen molar-refractivity contribution in [1.82, 2.24) is 4.90 Å². The molecule has 1 aliphatic heterocycles. The molecule has 3 rings (SSSR count). The van der Waals surface area contributed by atoms with E-state index in [2.05, 4.69) is 4.90 Å². The maximum absolute atomic E-state index is 13.4. The summed E-state index contributed by atoms with van der Waals surface area (Å²) in [4.78, 5) is 17.3. The van der Waals surface area contributed by atoms with Gasteiger partial charge >= 0.3 is 0 Å². The standard InChI is InChI=1S/C23H30FN3O3S/c1-5-21(27(31(4,29)30)22-16-17(2)6-7-18(22)3)23(28)26-14-12-25(13-15-26)20-10-8-19(24)9-11-20/h6-11,16,21H,5,12-15H2,1-4H3/t21-/m0/s1. The van der Waals surface area contributed by atoms with Crippen LogP contribution in [0.5, 0.6) is 0 Å². The molecule has 6 nitrogen and oxygen atoms in total. The largest absolute Gasteiger partial charge is 0.368 e. The fourth-order valence-corrected chi connectivity index (χ4v) is 5.28. The molecule has 2 aromatic rings. The zero-order valence-corrected chi connectivity index (χ0v) is 19.3. The van der Waals surface area contributed by atoms with Crippen molar-refractivity contribution < 1.29 is 17.6 Å². The van der Waals surface area contributed by atoms with E-state index in [-0.39, 0.29) is 11.7 Å². The molecule has 0 bridgehead atoms. The van der Waals surface area contributed by atoms with Gasteiger partial charge in [-0.05, 0) is 61.7 Å². The van der Waals surface area contributed by atoms with Crippen LogP contribution in [0.1, 0.15) is 24.5 Å². The van der Waals surface area contributed by atoms with Crippen LogP contribution in [0.3, 0.4) is 0 Å². The van der Waals surface area contributed by atoms with Gasteiger partial charge in [0.05, 0.1) is 11.9 Å². The summed E-state index contributed by atoms with van der Waals surface area (Å²) in [5.41, 5.74) is 3.20. The van der Waals surface area contributed by atoms with Crippen LogP contribution in [-0.2, 0) is 14.8 Å². The van der Waals surface area contributed by atoms with E-state index in [0.717, 1.165) is 23.1 Å². The van der Waals surface area contributed by atoms with Crippen LogP contribution >= 0.6 is 0 Å². The first-order chi connectivity index (χ1) is 14.6. The highest BCUT2D eigenvalue weighted by molar-refractivity contribution is 7.92. The predicted molar refractivity (Wildman–Crippen MR) is 123 cm³/mol. The average Bonchev–Trinajstić information content (AvgIpc) is 2.73. The number of halogens is 1. The molecule has 1 amide bonds. The second-order valence-electron chi connectivity index (χ2n) is 8.06. The van der Waals surface area contributed by atoms with E-state index in [1.165, 1.54) is 16.4 Å². The monoisotopic (exact) mass is 447 g/mol. The summed E-state index contributed by atoms with van der Waals surface area (Å²) in [5.74, 6) is -0.469. The Morgan fingerprint density at radius 1 is 1.06 bits per heavy atom. The number of amides is 1. The highest BCUT2D eigenvalue weighted by atomic mass is 32.2. The first kappa shape index (κ1) is 23.1. The van der Waals surface area contributed by atoms with Gasteiger partial charge in [-0.2, -0.15) is 0 Å². The Balaban J connectivity index is 1.81. The highest BCUT2D eigenvalue weighted by Crippen LogP contribution is 2.28. The number of hydrogen-bond donors (Lipinski definition) is 0. The Bertz CT molecular complexity index is 1030. The van der Waals surface area contributed by atoms with Crippen molar-refractivity contribution in [2.24, 2.45) is 0 Å². The normalized spacial score (nSPS) is 15.6. The number of nitrogens with zero attached hydrogens (tertiary/aromatic N) is 3. The van der Waals surface area contributed by atoms with Gasteiger partial charge in [-0.3, -0.25) is 9.10 Å². The van der Waals surface area contributed by atoms with Crippen molar-refractivity contribution in [2.45, 2.75) is 33.2 Å². The first-order valence-corrected chi connectivity index (χ1v) is 12.3. The minimum absolute atomic E-state index is 0.187. The van der Waals surface area contributed by atoms with Gasteiger partial charge in [0.15, 0.2) is 0 Å².